The van der Waals surface area contributed by atoms with E-state index in [-0.39, 0.29) is 21.9 Å². The van der Waals surface area contributed by atoms with Crippen molar-refractivity contribution in [3.63, 3.8) is 0 Å². The van der Waals surface area contributed by atoms with E-state index in [1.54, 1.807) is 0 Å². The molecular weight excluding hydrogens is 307 g/mol. The smallest absolute Gasteiger partial charge is 0.235 e. The molecule has 0 spiro atoms. The number of nitrogens with zero attached hydrogens (tertiary/aromatic N) is 3. The minimum absolute atomic E-state index is 0.0689. The van der Waals surface area contributed by atoms with Crippen LogP contribution in [0.4, 0.5) is 10.2 Å². The molecule has 3 rings (SSSR count). The summed E-state index contributed by atoms with van der Waals surface area (Å²) in [5, 5.41) is 28.6. The van der Waals surface area contributed by atoms with Crippen molar-refractivity contribution in [3.8, 4) is 0 Å². The molecule has 0 radical (unpaired) electrons. The molecule has 2 aromatic rings. The molecule has 21 heavy (non-hydrogen) atoms. The lowest BCUT2D eigenvalue weighted by Crippen LogP contribution is -2.33. The Kier molecular flexibility index (Phi) is 3.46. The van der Waals surface area contributed by atoms with Crippen LogP contribution in [0.5, 0.6) is 0 Å². The van der Waals surface area contributed by atoms with Gasteiger partial charge >= 0.3 is 0 Å². The zero-order valence-corrected chi connectivity index (χ0v) is 11.3. The van der Waals surface area contributed by atoms with Crippen molar-refractivity contribution in [2.24, 2.45) is 0 Å². The van der Waals surface area contributed by atoms with Gasteiger partial charge in [0.1, 0.15) is 34.4 Å². The van der Waals surface area contributed by atoms with Gasteiger partial charge in [0.2, 0.25) is 5.95 Å². The molecule has 0 aliphatic carbocycles. The number of anilines is 1. The summed E-state index contributed by atoms with van der Waals surface area (Å²) in [6, 6.07) is 0. The maximum absolute atomic E-state index is 13.4. The molecule has 0 saturated carbocycles. The Bertz CT molecular complexity index is 696. The van der Waals surface area contributed by atoms with Gasteiger partial charge < -0.3 is 25.8 Å². The fourth-order valence-electron chi connectivity index (χ4n) is 2.38. The Morgan fingerprint density at radius 1 is 1.43 bits per heavy atom. The summed E-state index contributed by atoms with van der Waals surface area (Å²) < 4.78 is 20.1. The van der Waals surface area contributed by atoms with E-state index in [0.29, 0.717) is 0 Å². The summed E-state index contributed by atoms with van der Waals surface area (Å²) in [4.78, 5) is 7.39. The summed E-state index contributed by atoms with van der Waals surface area (Å²) in [6.07, 6.45) is -3.35. The van der Waals surface area contributed by atoms with E-state index in [0.717, 1.165) is 0 Å². The summed E-state index contributed by atoms with van der Waals surface area (Å²) in [7, 11) is 0. The monoisotopic (exact) mass is 318 g/mol. The molecule has 0 bridgehead atoms. The van der Waals surface area contributed by atoms with Gasteiger partial charge in [0, 0.05) is 0 Å². The first kappa shape index (κ1) is 14.4. The second-order valence-corrected chi connectivity index (χ2v) is 5.06. The highest BCUT2D eigenvalue weighted by Gasteiger charge is 2.44. The molecule has 2 aromatic heterocycles. The molecule has 1 aliphatic rings. The molecule has 5 N–H and O–H groups in total. The van der Waals surface area contributed by atoms with Crippen LogP contribution >= 0.6 is 11.6 Å². The number of rotatable bonds is 2. The molecule has 0 unspecified atom stereocenters. The highest BCUT2D eigenvalue weighted by molar-refractivity contribution is 6.35. The molecule has 0 amide bonds. The van der Waals surface area contributed by atoms with Crippen LogP contribution in [-0.4, -0.2) is 54.8 Å². The molecule has 3 heterocycles. The third-order valence-electron chi connectivity index (χ3n) is 3.44. The van der Waals surface area contributed by atoms with Gasteiger partial charge in [-0.2, -0.15) is 9.37 Å². The first-order chi connectivity index (χ1) is 9.95. The second kappa shape index (κ2) is 5.04. The molecule has 4 atom stereocenters. The van der Waals surface area contributed by atoms with E-state index in [1.165, 1.54) is 10.9 Å². The van der Waals surface area contributed by atoms with Crippen molar-refractivity contribution in [3.05, 3.63) is 17.3 Å². The summed E-state index contributed by atoms with van der Waals surface area (Å²) >= 11 is 5.78. The number of nitrogen functional groups attached to an aromatic ring is 1. The number of nitrogens with two attached hydrogens (primary N) is 1. The predicted octanol–water partition coefficient (Wildman–Crippen LogP) is -0.583. The molecular formula is C11H12ClFN4O4. The van der Waals surface area contributed by atoms with Crippen molar-refractivity contribution >= 4 is 28.5 Å². The average Bonchev–Trinajstić information content (AvgIpc) is 3.00. The number of pyridine rings is 1. The third-order valence-corrected chi connectivity index (χ3v) is 3.77. The molecule has 0 aromatic carbocycles. The lowest BCUT2D eigenvalue weighted by Gasteiger charge is -2.17. The SMILES string of the molecule is Nc1nc(F)c(Cl)c2ncn([C@@H]3O[C@H](CO)[C@@H](O)[C@H]3O)c12. The van der Waals surface area contributed by atoms with E-state index in [1.807, 2.05) is 0 Å². The largest absolute Gasteiger partial charge is 0.394 e. The Morgan fingerprint density at radius 2 is 2.14 bits per heavy atom. The molecule has 114 valence electrons. The van der Waals surface area contributed by atoms with Crippen molar-refractivity contribution in [2.45, 2.75) is 24.5 Å². The molecule has 1 aliphatic heterocycles. The number of aliphatic hydroxyl groups excluding tert-OH is 3. The van der Waals surface area contributed by atoms with Gasteiger partial charge in [-0.25, -0.2) is 4.98 Å². The first-order valence-corrected chi connectivity index (χ1v) is 6.43. The first-order valence-electron chi connectivity index (χ1n) is 6.05. The van der Waals surface area contributed by atoms with Crippen molar-refractivity contribution in [2.75, 3.05) is 12.3 Å². The number of imidazole rings is 1. The summed E-state index contributed by atoms with van der Waals surface area (Å²) in [5.41, 5.74) is 5.91. The van der Waals surface area contributed by atoms with Gasteiger partial charge in [-0.1, -0.05) is 11.6 Å². The average molecular weight is 319 g/mol. The number of aliphatic hydroxyl groups is 3. The van der Waals surface area contributed by atoms with Crippen molar-refractivity contribution in [1.82, 2.24) is 14.5 Å². The van der Waals surface area contributed by atoms with Crippen molar-refractivity contribution < 1.29 is 24.4 Å². The molecule has 8 nitrogen and oxygen atoms in total. The number of hydrogen-bond acceptors (Lipinski definition) is 7. The van der Waals surface area contributed by atoms with Crippen LogP contribution in [0.25, 0.3) is 11.0 Å². The zero-order chi connectivity index (χ0) is 15.3. The fourth-order valence-corrected chi connectivity index (χ4v) is 2.56. The Labute approximate surface area is 122 Å². The fraction of sp³-hybridized carbons (Fsp3) is 0.455. The Hall–Kier alpha value is -1.52. The van der Waals surface area contributed by atoms with Gasteiger partial charge in [0.15, 0.2) is 12.0 Å². The number of aromatic nitrogens is 3. The van der Waals surface area contributed by atoms with Crippen LogP contribution in [0.1, 0.15) is 6.23 Å². The van der Waals surface area contributed by atoms with Crippen LogP contribution in [-0.2, 0) is 4.74 Å². The molecule has 1 saturated heterocycles. The Morgan fingerprint density at radius 3 is 2.76 bits per heavy atom. The minimum atomic E-state index is -1.32. The number of halogens is 2. The maximum atomic E-state index is 13.4. The van der Waals surface area contributed by atoms with Gasteiger partial charge in [-0.05, 0) is 0 Å². The second-order valence-electron chi connectivity index (χ2n) is 4.68. The minimum Gasteiger partial charge on any atom is -0.394 e. The summed E-state index contributed by atoms with van der Waals surface area (Å²) in [5.74, 6) is -1.13. The molecule has 1 fully saturated rings. The molecule has 10 heteroatoms. The number of ether oxygens (including phenoxy) is 1. The van der Waals surface area contributed by atoms with E-state index >= 15 is 0 Å². The standard InChI is InChI=1S/C11H12ClFN4O4/c12-4-5-6(10(14)16-9(4)13)17(2-15-5)11-8(20)7(19)3(1-18)21-11/h2-3,7-8,11,18-20H,1H2,(H2,14,16)/t3-,7-,8-,11-/m1/s1. The van der Waals surface area contributed by atoms with E-state index in [4.69, 9.17) is 27.2 Å². The van der Waals surface area contributed by atoms with E-state index in [2.05, 4.69) is 9.97 Å². The topological polar surface area (TPSA) is 127 Å². The lowest BCUT2D eigenvalue weighted by molar-refractivity contribution is -0.0508. The van der Waals surface area contributed by atoms with Crippen LogP contribution in [0.3, 0.4) is 0 Å². The Balaban J connectivity index is 2.12. The van der Waals surface area contributed by atoms with Crippen molar-refractivity contribution in [1.29, 1.82) is 0 Å². The number of hydrogen-bond donors (Lipinski definition) is 4. The highest BCUT2D eigenvalue weighted by atomic mass is 35.5. The predicted molar refractivity (Wildman–Crippen MR) is 69.9 cm³/mol. The van der Waals surface area contributed by atoms with E-state index < -0.39 is 37.1 Å². The van der Waals surface area contributed by atoms with Gasteiger partial charge in [-0.15, -0.1) is 0 Å². The maximum Gasteiger partial charge on any atom is 0.235 e. The van der Waals surface area contributed by atoms with E-state index in [9.17, 15) is 14.6 Å². The summed E-state index contributed by atoms with van der Waals surface area (Å²) in [6.45, 7) is -0.468. The third kappa shape index (κ3) is 2.05. The van der Waals surface area contributed by atoms with Gasteiger partial charge in [-0.3, -0.25) is 4.57 Å². The van der Waals surface area contributed by atoms with Crippen LogP contribution in [0, 0.1) is 5.95 Å². The van der Waals surface area contributed by atoms with Crippen LogP contribution in [0.2, 0.25) is 5.02 Å². The number of fused-ring (bicyclic) bond motifs is 1. The zero-order valence-electron chi connectivity index (χ0n) is 10.5. The quantitative estimate of drug-likeness (QED) is 0.545. The van der Waals surface area contributed by atoms with Crippen LogP contribution < -0.4 is 5.73 Å². The van der Waals surface area contributed by atoms with Gasteiger partial charge in [0.05, 0.1) is 12.9 Å². The van der Waals surface area contributed by atoms with Crippen LogP contribution in [0.15, 0.2) is 6.33 Å². The van der Waals surface area contributed by atoms with Gasteiger partial charge in [0.25, 0.3) is 0 Å². The highest BCUT2D eigenvalue weighted by Crippen LogP contribution is 2.35. The lowest BCUT2D eigenvalue weighted by atomic mass is 10.1. The normalized spacial score (nSPS) is 29.4.